The van der Waals surface area contributed by atoms with Gasteiger partial charge in [-0.2, -0.15) is 0 Å². The number of nitrogens with zero attached hydrogens (tertiary/aromatic N) is 6. The molecule has 4 heterocycles. The maximum absolute atomic E-state index is 12.5. The lowest BCUT2D eigenvalue weighted by Crippen LogP contribution is -2.50. The number of carbonyl (C=O) groups excluding carboxylic acids is 1. The van der Waals surface area contributed by atoms with E-state index in [4.69, 9.17) is 4.42 Å². The molecule has 0 saturated carbocycles. The van der Waals surface area contributed by atoms with Gasteiger partial charge in [0.1, 0.15) is 12.2 Å². The molecule has 1 aliphatic rings. The number of carbonyl (C=O) groups is 1. The Morgan fingerprint density at radius 2 is 1.85 bits per heavy atom. The van der Waals surface area contributed by atoms with E-state index in [1.54, 1.807) is 35.5 Å². The lowest BCUT2D eigenvalue weighted by Gasteiger charge is -2.34. The highest BCUT2D eigenvalue weighted by Gasteiger charge is 2.22. The summed E-state index contributed by atoms with van der Waals surface area (Å²) in [5.41, 5.74) is 0.159. The summed E-state index contributed by atoms with van der Waals surface area (Å²) >= 11 is 0. The van der Waals surface area contributed by atoms with Gasteiger partial charge in [-0.1, -0.05) is 0 Å². The Morgan fingerprint density at radius 3 is 2.52 bits per heavy atom. The Hall–Kier alpha value is -3.49. The average molecular weight is 366 g/mol. The topological polar surface area (TPSA) is 97.4 Å². The molecule has 9 heteroatoms. The van der Waals surface area contributed by atoms with Crippen LogP contribution < -0.4 is 10.5 Å². The summed E-state index contributed by atoms with van der Waals surface area (Å²) in [4.78, 5) is 41.3. The normalized spacial score (nSPS) is 14.4. The van der Waals surface area contributed by atoms with Crippen LogP contribution in [0.25, 0.3) is 11.5 Å². The molecule has 0 atom stereocenters. The zero-order chi connectivity index (χ0) is 18.6. The Kier molecular flexibility index (Phi) is 4.65. The van der Waals surface area contributed by atoms with Crippen LogP contribution in [0.15, 0.2) is 58.5 Å². The molecule has 3 aromatic rings. The van der Waals surface area contributed by atoms with Gasteiger partial charge in [-0.25, -0.2) is 15.0 Å². The van der Waals surface area contributed by atoms with Gasteiger partial charge in [-0.15, -0.1) is 0 Å². The van der Waals surface area contributed by atoms with Crippen molar-refractivity contribution in [1.29, 1.82) is 0 Å². The fourth-order valence-corrected chi connectivity index (χ4v) is 2.96. The smallest absolute Gasteiger partial charge is 0.254 e. The minimum Gasteiger partial charge on any atom is -0.463 e. The maximum atomic E-state index is 12.5. The van der Waals surface area contributed by atoms with Crippen LogP contribution in [0.2, 0.25) is 0 Å². The van der Waals surface area contributed by atoms with Crippen molar-refractivity contribution in [3.05, 3.63) is 59.6 Å². The van der Waals surface area contributed by atoms with E-state index in [2.05, 4.69) is 15.0 Å². The van der Waals surface area contributed by atoms with E-state index in [1.165, 1.54) is 23.2 Å². The van der Waals surface area contributed by atoms with E-state index in [0.29, 0.717) is 43.6 Å². The molecule has 0 radical (unpaired) electrons. The van der Waals surface area contributed by atoms with Gasteiger partial charge in [0, 0.05) is 44.6 Å². The van der Waals surface area contributed by atoms with Crippen LogP contribution in [0.5, 0.6) is 0 Å². The van der Waals surface area contributed by atoms with E-state index in [0.717, 1.165) is 0 Å². The molecule has 0 aliphatic carbocycles. The minimum atomic E-state index is -0.291. The molecule has 1 amide bonds. The summed E-state index contributed by atoms with van der Waals surface area (Å²) in [5, 5.41) is 0. The fraction of sp³-hybridized carbons (Fsp3) is 0.278. The molecule has 1 saturated heterocycles. The lowest BCUT2D eigenvalue weighted by atomic mass is 10.3. The first-order valence-electron chi connectivity index (χ1n) is 8.61. The first-order chi connectivity index (χ1) is 13.2. The Balaban J connectivity index is 1.38. The van der Waals surface area contributed by atoms with Gasteiger partial charge >= 0.3 is 0 Å². The molecule has 3 aromatic heterocycles. The molecule has 9 nitrogen and oxygen atoms in total. The second kappa shape index (κ2) is 7.40. The van der Waals surface area contributed by atoms with Crippen LogP contribution in [0.4, 0.5) is 5.95 Å². The number of hydrogen-bond donors (Lipinski definition) is 0. The molecule has 138 valence electrons. The fourth-order valence-electron chi connectivity index (χ4n) is 2.96. The van der Waals surface area contributed by atoms with Crippen LogP contribution in [0.3, 0.4) is 0 Å². The van der Waals surface area contributed by atoms with E-state index >= 15 is 0 Å². The number of piperazine rings is 1. The van der Waals surface area contributed by atoms with Crippen molar-refractivity contribution in [3.8, 4) is 11.5 Å². The number of rotatable bonds is 4. The molecular weight excluding hydrogens is 348 g/mol. The average Bonchev–Trinajstić information content (AvgIpc) is 3.25. The van der Waals surface area contributed by atoms with Gasteiger partial charge in [-0.3, -0.25) is 14.2 Å². The molecular formula is C18H18N6O3. The van der Waals surface area contributed by atoms with Gasteiger partial charge in [0.25, 0.3) is 5.56 Å². The van der Waals surface area contributed by atoms with Crippen molar-refractivity contribution < 1.29 is 9.21 Å². The van der Waals surface area contributed by atoms with Gasteiger partial charge in [0.2, 0.25) is 11.9 Å². The number of amides is 1. The zero-order valence-corrected chi connectivity index (χ0v) is 14.6. The van der Waals surface area contributed by atoms with Crippen LogP contribution in [-0.4, -0.2) is 56.5 Å². The number of hydrogen-bond acceptors (Lipinski definition) is 7. The largest absolute Gasteiger partial charge is 0.463 e. The first kappa shape index (κ1) is 17.0. The summed E-state index contributed by atoms with van der Waals surface area (Å²) < 4.78 is 6.54. The molecule has 0 bridgehead atoms. The maximum Gasteiger partial charge on any atom is 0.254 e. The molecule has 0 unspecified atom stereocenters. The quantitative estimate of drug-likeness (QED) is 0.668. The highest BCUT2D eigenvalue weighted by Crippen LogP contribution is 2.14. The predicted molar refractivity (Wildman–Crippen MR) is 97.0 cm³/mol. The Bertz CT molecular complexity index is 962. The molecule has 0 aromatic carbocycles. The molecule has 0 N–H and O–H groups in total. The molecule has 0 spiro atoms. The lowest BCUT2D eigenvalue weighted by molar-refractivity contribution is -0.132. The van der Waals surface area contributed by atoms with Crippen LogP contribution in [0, 0.1) is 0 Å². The number of furan rings is 1. The number of anilines is 1. The standard InChI is InChI=1S/C18H18N6O3/c25-16-11-14(15-3-1-10-27-15)21-13-24(16)12-17(26)22-6-8-23(9-7-22)18-19-4-2-5-20-18/h1-5,10-11,13H,6-9,12H2. The second-order valence-electron chi connectivity index (χ2n) is 6.13. The van der Waals surface area contributed by atoms with Gasteiger partial charge in [-0.05, 0) is 18.2 Å². The van der Waals surface area contributed by atoms with Crippen molar-refractivity contribution in [2.75, 3.05) is 31.1 Å². The minimum absolute atomic E-state index is 0.0356. The monoisotopic (exact) mass is 366 g/mol. The second-order valence-corrected chi connectivity index (χ2v) is 6.13. The van der Waals surface area contributed by atoms with Crippen LogP contribution in [0.1, 0.15) is 0 Å². The molecule has 27 heavy (non-hydrogen) atoms. The molecule has 4 rings (SSSR count). The third kappa shape index (κ3) is 3.71. The van der Waals surface area contributed by atoms with E-state index in [1.807, 2.05) is 4.90 Å². The van der Waals surface area contributed by atoms with Gasteiger partial charge in [0.05, 0.1) is 12.6 Å². The van der Waals surface area contributed by atoms with E-state index < -0.39 is 0 Å². The summed E-state index contributed by atoms with van der Waals surface area (Å²) in [6.45, 7) is 2.39. The molecule has 1 fully saturated rings. The summed E-state index contributed by atoms with van der Waals surface area (Å²) in [7, 11) is 0. The van der Waals surface area contributed by atoms with Crippen molar-refractivity contribution >= 4 is 11.9 Å². The first-order valence-corrected chi connectivity index (χ1v) is 8.61. The van der Waals surface area contributed by atoms with Crippen LogP contribution >= 0.6 is 0 Å². The van der Waals surface area contributed by atoms with E-state index in [-0.39, 0.29) is 18.0 Å². The third-order valence-corrected chi connectivity index (χ3v) is 4.43. The Labute approximate surface area is 154 Å². The van der Waals surface area contributed by atoms with Gasteiger partial charge in [0.15, 0.2) is 5.76 Å². The number of aromatic nitrogens is 4. The highest BCUT2D eigenvalue weighted by molar-refractivity contribution is 5.76. The van der Waals surface area contributed by atoms with Crippen molar-refractivity contribution in [2.45, 2.75) is 6.54 Å². The predicted octanol–water partition coefficient (Wildman–Crippen LogP) is 0.642. The molecule has 1 aliphatic heterocycles. The summed E-state index contributed by atoms with van der Waals surface area (Å²) in [6.07, 6.45) is 6.30. The zero-order valence-electron chi connectivity index (χ0n) is 14.6. The van der Waals surface area contributed by atoms with Crippen molar-refractivity contribution in [2.24, 2.45) is 0 Å². The highest BCUT2D eigenvalue weighted by atomic mass is 16.3. The summed E-state index contributed by atoms with van der Waals surface area (Å²) in [6, 6.07) is 6.60. The van der Waals surface area contributed by atoms with Crippen molar-refractivity contribution in [3.63, 3.8) is 0 Å². The van der Waals surface area contributed by atoms with Gasteiger partial charge < -0.3 is 14.2 Å². The third-order valence-electron chi connectivity index (χ3n) is 4.43. The van der Waals surface area contributed by atoms with E-state index in [9.17, 15) is 9.59 Å². The van der Waals surface area contributed by atoms with Crippen LogP contribution in [-0.2, 0) is 11.3 Å². The SMILES string of the molecule is O=C(Cn1cnc(-c2ccco2)cc1=O)N1CCN(c2ncccn2)CC1. The Morgan fingerprint density at radius 1 is 1.07 bits per heavy atom. The summed E-state index contributed by atoms with van der Waals surface area (Å²) in [5.74, 6) is 1.07. The van der Waals surface area contributed by atoms with Crippen molar-refractivity contribution in [1.82, 2.24) is 24.4 Å².